The number of esters is 1. The van der Waals surface area contributed by atoms with Crippen LogP contribution in [-0.2, 0) is 14.3 Å². The van der Waals surface area contributed by atoms with Crippen LogP contribution in [0.1, 0.15) is 41.7 Å². The number of amides is 2. The van der Waals surface area contributed by atoms with Gasteiger partial charge < -0.3 is 15.0 Å². The molecule has 1 atom stereocenters. The highest BCUT2D eigenvalue weighted by Crippen LogP contribution is 2.23. The molecule has 0 unspecified atom stereocenters. The Morgan fingerprint density at radius 2 is 2.00 bits per heavy atom. The molecule has 0 radical (unpaired) electrons. The Labute approximate surface area is 168 Å². The number of nitrogens with one attached hydrogen (secondary N) is 1. The second kappa shape index (κ2) is 8.89. The number of halogens is 1. The Bertz CT molecular complexity index is 899. The molecule has 0 saturated carbocycles. The Morgan fingerprint density at radius 3 is 2.71 bits per heavy atom. The third kappa shape index (κ3) is 4.70. The summed E-state index contributed by atoms with van der Waals surface area (Å²) in [5.41, 5.74) is 1.74. The van der Waals surface area contributed by atoms with Crippen molar-refractivity contribution < 1.29 is 19.1 Å². The molecule has 28 heavy (non-hydrogen) atoms. The lowest BCUT2D eigenvalue weighted by Gasteiger charge is -2.17. The van der Waals surface area contributed by atoms with E-state index in [2.05, 4.69) is 5.32 Å². The summed E-state index contributed by atoms with van der Waals surface area (Å²) in [7, 11) is 0. The van der Waals surface area contributed by atoms with Gasteiger partial charge in [-0.05, 0) is 43.2 Å². The smallest absolute Gasteiger partial charge is 0.338 e. The number of carbonyl (C=O) groups excluding carboxylic acids is 3. The van der Waals surface area contributed by atoms with Crippen LogP contribution in [0.3, 0.4) is 0 Å². The topological polar surface area (TPSA) is 75.7 Å². The molecule has 1 fully saturated rings. The summed E-state index contributed by atoms with van der Waals surface area (Å²) < 4.78 is 5.11. The number of hydrogen-bond donors (Lipinski definition) is 1. The van der Waals surface area contributed by atoms with E-state index < -0.39 is 18.5 Å². The van der Waals surface area contributed by atoms with Crippen molar-refractivity contribution in [1.29, 1.82) is 0 Å². The van der Waals surface area contributed by atoms with Crippen LogP contribution in [0.15, 0.2) is 48.5 Å². The van der Waals surface area contributed by atoms with Crippen LogP contribution in [0, 0.1) is 0 Å². The fourth-order valence-electron chi connectivity index (χ4n) is 3.12. The molecule has 2 amide bonds. The molecular formula is C21H21ClN2O4. The van der Waals surface area contributed by atoms with Crippen molar-refractivity contribution in [2.75, 3.05) is 18.1 Å². The molecule has 2 aromatic rings. The summed E-state index contributed by atoms with van der Waals surface area (Å²) in [5.74, 6) is -1.00. The molecule has 1 aliphatic rings. The summed E-state index contributed by atoms with van der Waals surface area (Å²) >= 11 is 6.12. The maximum Gasteiger partial charge on any atom is 0.338 e. The normalized spacial score (nSPS) is 14.6. The Morgan fingerprint density at radius 1 is 1.21 bits per heavy atom. The van der Waals surface area contributed by atoms with Crippen molar-refractivity contribution in [3.05, 3.63) is 64.7 Å². The molecular weight excluding hydrogens is 380 g/mol. The average Bonchev–Trinajstić information content (AvgIpc) is 3.12. The Balaban J connectivity index is 1.56. The van der Waals surface area contributed by atoms with Crippen molar-refractivity contribution in [2.45, 2.75) is 25.8 Å². The SMILES string of the molecule is C[C@H](NC(=O)COC(=O)c1cccc(N2CCCC2=O)c1)c1ccccc1Cl. The van der Waals surface area contributed by atoms with E-state index in [1.54, 1.807) is 42.2 Å². The van der Waals surface area contributed by atoms with Gasteiger partial charge in [0.05, 0.1) is 11.6 Å². The number of hydrogen-bond acceptors (Lipinski definition) is 4. The largest absolute Gasteiger partial charge is 0.452 e. The van der Waals surface area contributed by atoms with E-state index in [0.717, 1.165) is 12.0 Å². The highest BCUT2D eigenvalue weighted by molar-refractivity contribution is 6.31. The molecule has 1 heterocycles. The highest BCUT2D eigenvalue weighted by Gasteiger charge is 2.22. The van der Waals surface area contributed by atoms with Gasteiger partial charge in [-0.2, -0.15) is 0 Å². The number of rotatable bonds is 6. The lowest BCUT2D eigenvalue weighted by Crippen LogP contribution is -2.31. The molecule has 3 rings (SSSR count). The number of anilines is 1. The molecule has 1 saturated heterocycles. The monoisotopic (exact) mass is 400 g/mol. The second-order valence-electron chi connectivity index (χ2n) is 6.59. The van der Waals surface area contributed by atoms with Crippen LogP contribution in [-0.4, -0.2) is 30.9 Å². The van der Waals surface area contributed by atoms with E-state index in [0.29, 0.717) is 29.2 Å². The summed E-state index contributed by atoms with van der Waals surface area (Å²) in [5, 5.41) is 3.31. The minimum absolute atomic E-state index is 0.0402. The first-order chi connectivity index (χ1) is 13.5. The van der Waals surface area contributed by atoms with Gasteiger partial charge in [-0.15, -0.1) is 0 Å². The van der Waals surface area contributed by atoms with Crippen LogP contribution >= 0.6 is 11.6 Å². The zero-order valence-corrected chi connectivity index (χ0v) is 16.2. The van der Waals surface area contributed by atoms with E-state index in [-0.39, 0.29) is 11.9 Å². The average molecular weight is 401 g/mol. The number of nitrogens with zero attached hydrogens (tertiary/aromatic N) is 1. The van der Waals surface area contributed by atoms with Crippen LogP contribution in [0.25, 0.3) is 0 Å². The third-order valence-electron chi connectivity index (χ3n) is 4.55. The predicted octanol–water partition coefficient (Wildman–Crippen LogP) is 3.50. The predicted molar refractivity (Wildman–Crippen MR) is 106 cm³/mol. The summed E-state index contributed by atoms with van der Waals surface area (Å²) in [6.45, 7) is 2.04. The van der Waals surface area contributed by atoms with Gasteiger partial charge in [0.2, 0.25) is 5.91 Å². The van der Waals surface area contributed by atoms with Crippen LogP contribution in [0.4, 0.5) is 5.69 Å². The number of ether oxygens (including phenoxy) is 1. The standard InChI is InChI=1S/C21H21ClN2O4/c1-14(17-8-2-3-9-18(17)22)23-19(25)13-28-21(27)15-6-4-7-16(12-15)24-11-5-10-20(24)26/h2-4,6-9,12,14H,5,10-11,13H2,1H3,(H,23,25)/t14-/m0/s1. The summed E-state index contributed by atoms with van der Waals surface area (Å²) in [6, 6.07) is 13.6. The van der Waals surface area contributed by atoms with Gasteiger partial charge in [0.25, 0.3) is 5.91 Å². The van der Waals surface area contributed by atoms with Gasteiger partial charge in [-0.3, -0.25) is 9.59 Å². The molecule has 0 bridgehead atoms. The molecule has 146 valence electrons. The molecule has 2 aromatic carbocycles. The Hall–Kier alpha value is -2.86. The summed E-state index contributed by atoms with van der Waals surface area (Å²) in [4.78, 5) is 37.9. The molecule has 1 N–H and O–H groups in total. The lowest BCUT2D eigenvalue weighted by molar-refractivity contribution is -0.124. The van der Waals surface area contributed by atoms with Gasteiger partial charge >= 0.3 is 5.97 Å². The van der Waals surface area contributed by atoms with Crippen molar-refractivity contribution in [1.82, 2.24) is 5.32 Å². The van der Waals surface area contributed by atoms with Crippen molar-refractivity contribution in [3.63, 3.8) is 0 Å². The lowest BCUT2D eigenvalue weighted by atomic mass is 10.1. The fourth-order valence-corrected chi connectivity index (χ4v) is 3.42. The van der Waals surface area contributed by atoms with Crippen molar-refractivity contribution in [2.24, 2.45) is 0 Å². The number of carbonyl (C=O) groups is 3. The Kier molecular flexibility index (Phi) is 6.31. The van der Waals surface area contributed by atoms with E-state index >= 15 is 0 Å². The zero-order chi connectivity index (χ0) is 20.1. The quantitative estimate of drug-likeness (QED) is 0.753. The van der Waals surface area contributed by atoms with Crippen LogP contribution in [0.2, 0.25) is 5.02 Å². The van der Waals surface area contributed by atoms with E-state index in [1.807, 2.05) is 18.2 Å². The molecule has 7 heteroatoms. The van der Waals surface area contributed by atoms with Crippen LogP contribution in [0.5, 0.6) is 0 Å². The first kappa shape index (κ1) is 19.9. The minimum atomic E-state index is -0.617. The first-order valence-corrected chi connectivity index (χ1v) is 9.45. The molecule has 6 nitrogen and oxygen atoms in total. The second-order valence-corrected chi connectivity index (χ2v) is 6.99. The maximum absolute atomic E-state index is 12.3. The van der Waals surface area contributed by atoms with Gasteiger partial charge in [0, 0.05) is 23.7 Å². The highest BCUT2D eigenvalue weighted by atomic mass is 35.5. The van der Waals surface area contributed by atoms with Crippen molar-refractivity contribution in [3.8, 4) is 0 Å². The maximum atomic E-state index is 12.3. The molecule has 0 spiro atoms. The summed E-state index contributed by atoms with van der Waals surface area (Å²) in [6.07, 6.45) is 1.32. The van der Waals surface area contributed by atoms with Gasteiger partial charge in [0.1, 0.15) is 0 Å². The van der Waals surface area contributed by atoms with Gasteiger partial charge in [-0.25, -0.2) is 4.79 Å². The molecule has 0 aliphatic carbocycles. The molecule has 0 aromatic heterocycles. The zero-order valence-electron chi connectivity index (χ0n) is 15.5. The van der Waals surface area contributed by atoms with E-state index in [4.69, 9.17) is 16.3 Å². The van der Waals surface area contributed by atoms with Gasteiger partial charge in [-0.1, -0.05) is 35.9 Å². The molecule has 1 aliphatic heterocycles. The first-order valence-electron chi connectivity index (χ1n) is 9.07. The fraction of sp³-hybridized carbons (Fsp3) is 0.286. The number of benzene rings is 2. The van der Waals surface area contributed by atoms with E-state index in [1.165, 1.54) is 0 Å². The minimum Gasteiger partial charge on any atom is -0.452 e. The van der Waals surface area contributed by atoms with Crippen molar-refractivity contribution >= 4 is 35.1 Å². The van der Waals surface area contributed by atoms with Crippen LogP contribution < -0.4 is 10.2 Å². The third-order valence-corrected chi connectivity index (χ3v) is 4.89. The van der Waals surface area contributed by atoms with E-state index in [9.17, 15) is 14.4 Å². The van der Waals surface area contributed by atoms with Gasteiger partial charge in [0.15, 0.2) is 6.61 Å².